The Bertz CT molecular complexity index is 967. The summed E-state index contributed by atoms with van der Waals surface area (Å²) in [4.78, 5) is 37.5. The summed E-state index contributed by atoms with van der Waals surface area (Å²) in [5.41, 5.74) is 2.06. The minimum Gasteiger partial charge on any atom is -0.456 e. The molecule has 0 bridgehead atoms. The minimum atomic E-state index is -0.551. The van der Waals surface area contributed by atoms with Gasteiger partial charge >= 0.3 is 5.97 Å². The SMILES string of the molecule is CN(Cc1ccsc1)C(=O)COC(=O)CCNC(=O)c1n[nH]c2ccccc12. The van der Waals surface area contributed by atoms with Crippen molar-refractivity contribution in [2.24, 2.45) is 0 Å². The Morgan fingerprint density at radius 3 is 2.86 bits per heavy atom. The van der Waals surface area contributed by atoms with Crippen LogP contribution in [0.1, 0.15) is 22.5 Å². The molecule has 0 unspecified atom stereocenters. The monoisotopic (exact) mass is 400 g/mol. The lowest BCUT2D eigenvalue weighted by Gasteiger charge is -2.16. The van der Waals surface area contributed by atoms with Crippen molar-refractivity contribution >= 4 is 40.0 Å². The molecule has 1 aromatic carbocycles. The van der Waals surface area contributed by atoms with Crippen molar-refractivity contribution in [2.75, 3.05) is 20.2 Å². The van der Waals surface area contributed by atoms with E-state index in [0.717, 1.165) is 11.1 Å². The number of thiophene rings is 1. The lowest BCUT2D eigenvalue weighted by Crippen LogP contribution is -2.31. The highest BCUT2D eigenvalue weighted by molar-refractivity contribution is 7.07. The first kappa shape index (κ1) is 19.6. The van der Waals surface area contributed by atoms with E-state index in [-0.39, 0.29) is 37.1 Å². The minimum absolute atomic E-state index is 0.0321. The standard InChI is InChI=1S/C19H20N4O4S/c1-23(10-13-7-9-28-12-13)16(24)11-27-17(25)6-8-20-19(26)18-14-4-2-3-5-15(14)21-22-18/h2-5,7,9,12H,6,8,10-11H2,1H3,(H,20,26)(H,21,22). The van der Waals surface area contributed by atoms with E-state index in [4.69, 9.17) is 4.74 Å². The Balaban J connectivity index is 1.38. The number of rotatable bonds is 8. The number of benzene rings is 1. The smallest absolute Gasteiger partial charge is 0.308 e. The van der Waals surface area contributed by atoms with Gasteiger partial charge in [-0.2, -0.15) is 16.4 Å². The molecule has 146 valence electrons. The van der Waals surface area contributed by atoms with Gasteiger partial charge in [-0.1, -0.05) is 18.2 Å². The zero-order chi connectivity index (χ0) is 19.9. The predicted octanol–water partition coefficient (Wildman–Crippen LogP) is 1.95. The number of para-hydroxylation sites is 1. The first-order valence-corrected chi connectivity index (χ1v) is 9.61. The van der Waals surface area contributed by atoms with Crippen molar-refractivity contribution in [3.05, 3.63) is 52.3 Å². The van der Waals surface area contributed by atoms with Gasteiger partial charge in [0.15, 0.2) is 12.3 Å². The molecular weight excluding hydrogens is 380 g/mol. The molecule has 2 amide bonds. The van der Waals surface area contributed by atoms with Crippen LogP contribution in [-0.4, -0.2) is 53.1 Å². The first-order chi connectivity index (χ1) is 13.5. The largest absolute Gasteiger partial charge is 0.456 e. The number of aromatic nitrogens is 2. The molecule has 2 heterocycles. The van der Waals surface area contributed by atoms with Gasteiger partial charge in [-0.05, 0) is 28.5 Å². The highest BCUT2D eigenvalue weighted by Crippen LogP contribution is 2.14. The summed E-state index contributed by atoms with van der Waals surface area (Å²) < 4.78 is 4.99. The fraction of sp³-hybridized carbons (Fsp3) is 0.263. The Morgan fingerprint density at radius 2 is 2.07 bits per heavy atom. The van der Waals surface area contributed by atoms with E-state index in [1.54, 1.807) is 24.5 Å². The number of ether oxygens (including phenoxy) is 1. The Labute approximate surface area is 165 Å². The van der Waals surface area contributed by atoms with E-state index in [1.807, 2.05) is 35.0 Å². The zero-order valence-electron chi connectivity index (χ0n) is 15.3. The number of carbonyl (C=O) groups excluding carboxylic acids is 3. The first-order valence-electron chi connectivity index (χ1n) is 8.66. The number of hydrogen-bond acceptors (Lipinski definition) is 6. The quantitative estimate of drug-likeness (QED) is 0.563. The van der Waals surface area contributed by atoms with Crippen molar-refractivity contribution < 1.29 is 19.1 Å². The van der Waals surface area contributed by atoms with E-state index in [2.05, 4.69) is 15.5 Å². The van der Waals surface area contributed by atoms with Crippen LogP contribution in [0.2, 0.25) is 0 Å². The fourth-order valence-electron chi connectivity index (χ4n) is 2.57. The molecule has 3 rings (SSSR count). The van der Waals surface area contributed by atoms with Crippen LogP contribution in [0, 0.1) is 0 Å². The van der Waals surface area contributed by atoms with E-state index in [9.17, 15) is 14.4 Å². The molecule has 0 aliphatic heterocycles. The third-order valence-corrected chi connectivity index (χ3v) is 4.81. The molecule has 3 aromatic rings. The maximum absolute atomic E-state index is 12.2. The fourth-order valence-corrected chi connectivity index (χ4v) is 3.23. The highest BCUT2D eigenvalue weighted by atomic mass is 32.1. The molecule has 8 nitrogen and oxygen atoms in total. The summed E-state index contributed by atoms with van der Waals surface area (Å²) in [6.07, 6.45) is -0.0321. The van der Waals surface area contributed by atoms with Crippen LogP contribution >= 0.6 is 11.3 Å². The van der Waals surface area contributed by atoms with Crippen LogP contribution in [0.25, 0.3) is 10.9 Å². The van der Waals surface area contributed by atoms with E-state index in [0.29, 0.717) is 11.9 Å². The maximum atomic E-state index is 12.2. The van der Waals surface area contributed by atoms with Crippen LogP contribution in [-0.2, 0) is 20.9 Å². The van der Waals surface area contributed by atoms with Crippen LogP contribution in [0.4, 0.5) is 0 Å². The third-order valence-electron chi connectivity index (χ3n) is 4.08. The number of H-pyrrole nitrogens is 1. The second-order valence-corrected chi connectivity index (χ2v) is 6.95. The molecule has 0 saturated heterocycles. The van der Waals surface area contributed by atoms with Crippen LogP contribution in [0.5, 0.6) is 0 Å². The van der Waals surface area contributed by atoms with Crippen molar-refractivity contribution in [2.45, 2.75) is 13.0 Å². The lowest BCUT2D eigenvalue weighted by atomic mass is 10.2. The molecule has 2 aromatic heterocycles. The number of fused-ring (bicyclic) bond motifs is 1. The molecule has 0 aliphatic rings. The summed E-state index contributed by atoms with van der Waals surface area (Å²) >= 11 is 1.56. The Kier molecular flexibility index (Phi) is 6.38. The number of hydrogen-bond donors (Lipinski definition) is 2. The summed E-state index contributed by atoms with van der Waals surface area (Å²) in [6.45, 7) is 0.239. The van der Waals surface area contributed by atoms with Gasteiger partial charge < -0.3 is 15.0 Å². The van der Waals surface area contributed by atoms with Crippen molar-refractivity contribution in [1.82, 2.24) is 20.4 Å². The predicted molar refractivity (Wildman–Crippen MR) is 105 cm³/mol. The van der Waals surface area contributed by atoms with Gasteiger partial charge in [0.25, 0.3) is 11.8 Å². The van der Waals surface area contributed by atoms with Gasteiger partial charge in [-0.25, -0.2) is 0 Å². The summed E-state index contributed by atoms with van der Waals surface area (Å²) in [7, 11) is 1.66. The summed E-state index contributed by atoms with van der Waals surface area (Å²) in [6, 6.07) is 9.21. The van der Waals surface area contributed by atoms with E-state index >= 15 is 0 Å². The molecule has 0 aliphatic carbocycles. The number of aromatic amines is 1. The maximum Gasteiger partial charge on any atom is 0.308 e. The molecule has 0 radical (unpaired) electrons. The molecule has 0 atom stereocenters. The van der Waals surface area contributed by atoms with Gasteiger partial charge in [0.05, 0.1) is 11.9 Å². The molecule has 28 heavy (non-hydrogen) atoms. The Hall–Kier alpha value is -3.20. The average molecular weight is 400 g/mol. The molecule has 2 N–H and O–H groups in total. The van der Waals surface area contributed by atoms with Gasteiger partial charge in [0, 0.05) is 25.5 Å². The van der Waals surface area contributed by atoms with E-state index < -0.39 is 5.97 Å². The van der Waals surface area contributed by atoms with Crippen LogP contribution in [0.3, 0.4) is 0 Å². The second-order valence-electron chi connectivity index (χ2n) is 6.17. The second kappa shape index (κ2) is 9.14. The van der Waals surface area contributed by atoms with Crippen LogP contribution in [0.15, 0.2) is 41.1 Å². The van der Waals surface area contributed by atoms with Crippen molar-refractivity contribution in [1.29, 1.82) is 0 Å². The van der Waals surface area contributed by atoms with Crippen molar-refractivity contribution in [3.8, 4) is 0 Å². The lowest BCUT2D eigenvalue weighted by molar-refractivity contribution is -0.151. The number of likely N-dealkylation sites (N-methyl/N-ethyl adjacent to an activating group) is 1. The molecule has 9 heteroatoms. The average Bonchev–Trinajstić information content (AvgIpc) is 3.35. The highest BCUT2D eigenvalue weighted by Gasteiger charge is 2.15. The van der Waals surface area contributed by atoms with Gasteiger partial charge in [-0.3, -0.25) is 19.5 Å². The topological polar surface area (TPSA) is 104 Å². The van der Waals surface area contributed by atoms with Gasteiger partial charge in [-0.15, -0.1) is 0 Å². The zero-order valence-corrected chi connectivity index (χ0v) is 16.1. The molecule has 0 spiro atoms. The van der Waals surface area contributed by atoms with Crippen LogP contribution < -0.4 is 5.32 Å². The number of esters is 1. The Morgan fingerprint density at radius 1 is 1.25 bits per heavy atom. The van der Waals surface area contributed by atoms with Gasteiger partial charge in [0.1, 0.15) is 0 Å². The van der Waals surface area contributed by atoms with E-state index in [1.165, 1.54) is 4.90 Å². The summed E-state index contributed by atoms with van der Waals surface area (Å²) in [5.74, 6) is -1.21. The summed E-state index contributed by atoms with van der Waals surface area (Å²) in [5, 5.41) is 14.0. The molecular formula is C19H20N4O4S. The third kappa shape index (κ3) is 4.95. The number of carbonyl (C=O) groups is 3. The normalized spacial score (nSPS) is 10.6. The molecule has 0 fully saturated rings. The number of nitrogens with zero attached hydrogens (tertiary/aromatic N) is 2. The number of nitrogens with one attached hydrogen (secondary N) is 2. The van der Waals surface area contributed by atoms with Gasteiger partial charge in [0.2, 0.25) is 0 Å². The van der Waals surface area contributed by atoms with Crippen molar-refractivity contribution in [3.63, 3.8) is 0 Å². The number of amides is 2. The molecule has 0 saturated carbocycles.